The van der Waals surface area contributed by atoms with E-state index in [1.54, 1.807) is 43.2 Å². The van der Waals surface area contributed by atoms with Crippen molar-refractivity contribution in [3.63, 3.8) is 0 Å². The molecule has 5 rings (SSSR count). The highest BCUT2D eigenvalue weighted by Crippen LogP contribution is 2.31. The van der Waals surface area contributed by atoms with E-state index in [0.29, 0.717) is 18.0 Å². The van der Waals surface area contributed by atoms with Crippen molar-refractivity contribution < 1.29 is 19.4 Å². The van der Waals surface area contributed by atoms with Crippen LogP contribution in [0.4, 0.5) is 5.69 Å². The summed E-state index contributed by atoms with van der Waals surface area (Å²) in [5.74, 6) is 0.973. The van der Waals surface area contributed by atoms with Gasteiger partial charge in [0.05, 0.1) is 42.6 Å². The summed E-state index contributed by atoms with van der Waals surface area (Å²) < 4.78 is 5.33. The number of benzene rings is 3. The number of nitrogens with zero attached hydrogens (tertiary/aromatic N) is 3. The van der Waals surface area contributed by atoms with Crippen molar-refractivity contribution in [1.29, 1.82) is 10.8 Å². The molecule has 6 N–H and O–H groups in total. The molecule has 2 amide bonds. The summed E-state index contributed by atoms with van der Waals surface area (Å²) in [6.45, 7) is 8.10. The number of aromatic amines is 1. The molecule has 46 heavy (non-hydrogen) atoms. The first kappa shape index (κ1) is 33.8. The van der Waals surface area contributed by atoms with Crippen molar-refractivity contribution in [2.75, 3.05) is 45.0 Å². The molecule has 13 heteroatoms. The second kappa shape index (κ2) is 15.3. The minimum Gasteiger partial charge on any atom is -0.508 e. The van der Waals surface area contributed by atoms with Crippen molar-refractivity contribution in [2.45, 2.75) is 20.3 Å². The van der Waals surface area contributed by atoms with Crippen LogP contribution >= 0.6 is 7.92 Å². The molecule has 0 saturated carbocycles. The monoisotopic (exact) mass is 642 g/mol. The molecule has 4 aromatic rings. The second-order valence-electron chi connectivity index (χ2n) is 10.8. The number of aromatic nitrogens is 2. The number of imidazole rings is 1. The zero-order chi connectivity index (χ0) is 33.4. The van der Waals surface area contributed by atoms with Gasteiger partial charge in [-0.1, -0.05) is 6.07 Å². The topological polar surface area (TPSA) is 180 Å². The van der Waals surface area contributed by atoms with Crippen LogP contribution in [-0.4, -0.2) is 84.3 Å². The number of H-pyrrole nitrogens is 1. The van der Waals surface area contributed by atoms with E-state index in [0.717, 1.165) is 45.4 Å². The molecule has 0 saturated heterocycles. The number of benzodiazepines with no additional fused rings is 1. The van der Waals surface area contributed by atoms with Gasteiger partial charge in [-0.2, -0.15) is 0 Å². The Morgan fingerprint density at radius 1 is 1.07 bits per heavy atom. The lowest BCUT2D eigenvalue weighted by Crippen LogP contribution is -2.36. The molecule has 0 atom stereocenters. The Bertz CT molecular complexity index is 1780. The van der Waals surface area contributed by atoms with Gasteiger partial charge in [0.15, 0.2) is 0 Å². The highest BCUT2D eigenvalue weighted by Gasteiger charge is 2.25. The van der Waals surface area contributed by atoms with Crippen LogP contribution in [0.3, 0.4) is 0 Å². The number of carbonyl (C=O) groups is 2. The second-order valence-corrected chi connectivity index (χ2v) is 13.0. The lowest BCUT2D eigenvalue weighted by Gasteiger charge is -2.24. The molecule has 0 unspecified atom stereocenters. The molecule has 0 bridgehead atoms. The average molecular weight is 643 g/mol. The van der Waals surface area contributed by atoms with E-state index < -0.39 is 0 Å². The van der Waals surface area contributed by atoms with Gasteiger partial charge < -0.3 is 25.5 Å². The van der Waals surface area contributed by atoms with Gasteiger partial charge in [-0.25, -0.2) is 4.98 Å². The van der Waals surface area contributed by atoms with Gasteiger partial charge in [0.1, 0.15) is 28.7 Å². The van der Waals surface area contributed by atoms with Crippen LogP contribution in [0, 0.1) is 10.8 Å². The third kappa shape index (κ3) is 8.54. The first-order chi connectivity index (χ1) is 22.0. The maximum absolute atomic E-state index is 11.5. The van der Waals surface area contributed by atoms with Crippen LogP contribution in [0.15, 0.2) is 65.7 Å². The third-order valence-corrected chi connectivity index (χ3v) is 8.08. The summed E-state index contributed by atoms with van der Waals surface area (Å²) in [6.07, 6.45) is 0.739. The van der Waals surface area contributed by atoms with E-state index in [4.69, 9.17) is 15.6 Å². The highest BCUT2D eigenvalue weighted by molar-refractivity contribution is 7.63. The molecule has 0 radical (unpaired) electrons. The lowest BCUT2D eigenvalue weighted by atomic mass is 9.99. The Morgan fingerprint density at radius 3 is 2.46 bits per heavy atom. The van der Waals surface area contributed by atoms with Gasteiger partial charge in [-0.15, -0.1) is 0 Å². The fourth-order valence-electron chi connectivity index (χ4n) is 4.76. The van der Waals surface area contributed by atoms with E-state index >= 15 is 0 Å². The third-order valence-electron chi connectivity index (χ3n) is 7.02. The quantitative estimate of drug-likeness (QED) is 0.0968. The van der Waals surface area contributed by atoms with Crippen LogP contribution < -0.4 is 25.8 Å². The summed E-state index contributed by atoms with van der Waals surface area (Å²) in [5, 5.41) is 31.0. The van der Waals surface area contributed by atoms with Gasteiger partial charge in [0.25, 0.3) is 0 Å². The number of phenols is 1. The van der Waals surface area contributed by atoms with Crippen LogP contribution in [0.5, 0.6) is 11.5 Å². The molecule has 0 aliphatic carbocycles. The Kier molecular flexibility index (Phi) is 11.2. The maximum atomic E-state index is 11.5. The number of ether oxygens (including phenoxy) is 1. The molecule has 1 aliphatic heterocycles. The minimum absolute atomic E-state index is 0.0226. The SMILES string of the molecule is CC(=O)NCC(=O)NCCc1ccc2nc(P(C)C)[nH]c2c1.COc1ccc2c(c1)C(c1ccc(O)cc1)=NCC(=N)N2C(C)=N. The Hall–Kier alpha value is -5.09. The van der Waals surface area contributed by atoms with Gasteiger partial charge >= 0.3 is 0 Å². The average Bonchev–Trinajstić information content (AvgIpc) is 3.39. The summed E-state index contributed by atoms with van der Waals surface area (Å²) in [4.78, 5) is 36.3. The van der Waals surface area contributed by atoms with Crippen molar-refractivity contribution >= 4 is 59.4 Å². The number of hydrogen-bond acceptors (Lipinski definition) is 8. The number of aliphatic imine (C=N–C) groups is 1. The predicted molar refractivity (Wildman–Crippen MR) is 185 cm³/mol. The van der Waals surface area contributed by atoms with Crippen molar-refractivity contribution in [3.05, 3.63) is 77.4 Å². The van der Waals surface area contributed by atoms with Crippen LogP contribution in [0.2, 0.25) is 0 Å². The Morgan fingerprint density at radius 2 is 1.80 bits per heavy atom. The van der Waals surface area contributed by atoms with Crippen molar-refractivity contribution in [2.24, 2.45) is 4.99 Å². The van der Waals surface area contributed by atoms with Crippen molar-refractivity contribution in [1.82, 2.24) is 20.6 Å². The highest BCUT2D eigenvalue weighted by atomic mass is 31.1. The van der Waals surface area contributed by atoms with E-state index in [1.807, 2.05) is 30.3 Å². The molecule has 1 aliphatic rings. The molecule has 12 nitrogen and oxygen atoms in total. The number of amides is 2. The van der Waals surface area contributed by atoms with E-state index in [9.17, 15) is 14.7 Å². The van der Waals surface area contributed by atoms with Gasteiger partial charge in [-0.05, 0) is 94.8 Å². The Labute approximate surface area is 269 Å². The number of amidine groups is 2. The largest absolute Gasteiger partial charge is 0.508 e. The molecule has 0 spiro atoms. The van der Waals surface area contributed by atoms with Crippen LogP contribution in [-0.2, 0) is 16.0 Å². The summed E-state index contributed by atoms with van der Waals surface area (Å²) in [5.41, 5.74) is 7.24. The minimum atomic E-state index is -0.240. The number of aromatic hydroxyl groups is 1. The standard InChI is InChI=1S/C18H18N4O2.C15H21N4O2P/c1-11(19)22-16-8-7-14(24-2)9-15(16)18(21-10-17(22)20)12-3-5-13(23)6-4-12;1-10(20)17-9-14(21)16-7-6-11-4-5-12-13(8-11)19-15(18-12)22(2)3/h3-9,19-20,23H,10H2,1-2H3;4-5,8H,6-7,9H2,1-3H3,(H,16,21)(H,17,20)(H,18,19). The molecular formula is C33H39N8O4P. The number of hydrogen-bond donors (Lipinski definition) is 6. The van der Waals surface area contributed by atoms with Gasteiger partial charge in [0.2, 0.25) is 11.8 Å². The van der Waals surface area contributed by atoms with Crippen LogP contribution in [0.1, 0.15) is 30.5 Å². The lowest BCUT2D eigenvalue weighted by molar-refractivity contribution is -0.125. The summed E-state index contributed by atoms with van der Waals surface area (Å²) in [7, 11) is 1.36. The smallest absolute Gasteiger partial charge is 0.239 e. The van der Waals surface area contributed by atoms with Gasteiger partial charge in [0, 0.05) is 24.6 Å². The number of fused-ring (bicyclic) bond motifs is 2. The maximum Gasteiger partial charge on any atom is 0.239 e. The summed E-state index contributed by atoms with van der Waals surface area (Å²) in [6, 6.07) is 18.4. The molecular weight excluding hydrogens is 603 g/mol. The number of methoxy groups -OCH3 is 1. The number of phenolic OH excluding ortho intramolecular Hbond substituents is 1. The predicted octanol–water partition coefficient (Wildman–Crippen LogP) is 3.76. The van der Waals surface area contributed by atoms with Crippen molar-refractivity contribution in [3.8, 4) is 11.5 Å². The summed E-state index contributed by atoms with van der Waals surface area (Å²) >= 11 is 0. The number of carbonyl (C=O) groups excluding carboxylic acids is 2. The van der Waals surface area contributed by atoms with E-state index in [-0.39, 0.29) is 50.2 Å². The number of nitrogens with one attached hydrogen (secondary N) is 5. The normalized spacial score (nSPS) is 12.4. The van der Waals surface area contributed by atoms with E-state index in [1.165, 1.54) is 6.92 Å². The molecule has 3 aromatic carbocycles. The molecule has 2 heterocycles. The Balaban J connectivity index is 0.000000210. The molecule has 1 aromatic heterocycles. The first-order valence-corrected chi connectivity index (χ1v) is 16.8. The zero-order valence-electron chi connectivity index (χ0n) is 26.6. The van der Waals surface area contributed by atoms with Gasteiger partial charge in [-0.3, -0.25) is 30.3 Å². The number of rotatable bonds is 8. The van der Waals surface area contributed by atoms with Crippen LogP contribution in [0.25, 0.3) is 11.0 Å². The fourth-order valence-corrected chi connectivity index (χ4v) is 5.41. The number of anilines is 1. The zero-order valence-corrected chi connectivity index (χ0v) is 27.5. The van der Waals surface area contributed by atoms with E-state index in [2.05, 4.69) is 45.0 Å². The molecule has 240 valence electrons. The molecule has 0 fully saturated rings. The first-order valence-electron chi connectivity index (χ1n) is 14.6. The fraction of sp³-hybridized carbons (Fsp3) is 0.273.